The van der Waals surface area contributed by atoms with Gasteiger partial charge in [-0.25, -0.2) is 4.98 Å². The predicted octanol–water partition coefficient (Wildman–Crippen LogP) is 3.38. The number of aromatic nitrogens is 3. The summed E-state index contributed by atoms with van der Waals surface area (Å²) in [5.41, 5.74) is 10.6. The van der Waals surface area contributed by atoms with Gasteiger partial charge in [0, 0.05) is 49.0 Å². The second-order valence-electron chi connectivity index (χ2n) is 10.6. The highest BCUT2D eigenvalue weighted by Crippen LogP contribution is 2.45. The summed E-state index contributed by atoms with van der Waals surface area (Å²) in [7, 11) is 0. The van der Waals surface area contributed by atoms with Crippen molar-refractivity contribution in [2.75, 3.05) is 61.3 Å². The summed E-state index contributed by atoms with van der Waals surface area (Å²) in [6, 6.07) is 13.3. The van der Waals surface area contributed by atoms with E-state index in [0.29, 0.717) is 17.1 Å². The molecule has 3 aliphatic heterocycles. The van der Waals surface area contributed by atoms with Gasteiger partial charge in [-0.05, 0) is 62.2 Å². The predicted molar refractivity (Wildman–Crippen MR) is 146 cm³/mol. The molecule has 6 rings (SSSR count). The topological polar surface area (TPSA) is 94.6 Å². The molecular formula is C29H33N7O. The first-order valence-corrected chi connectivity index (χ1v) is 13.2. The first kappa shape index (κ1) is 23.6. The number of nitrogen functional groups attached to an aromatic ring is 1. The van der Waals surface area contributed by atoms with E-state index in [1.54, 1.807) is 12.1 Å². The molecule has 1 aromatic carbocycles. The van der Waals surface area contributed by atoms with Crippen molar-refractivity contribution < 1.29 is 5.11 Å². The van der Waals surface area contributed by atoms with Gasteiger partial charge in [0.25, 0.3) is 0 Å². The lowest BCUT2D eigenvalue weighted by atomic mass is 9.72. The van der Waals surface area contributed by atoms with Crippen molar-refractivity contribution in [3.8, 4) is 28.8 Å². The van der Waals surface area contributed by atoms with Crippen LogP contribution in [0.2, 0.25) is 0 Å². The number of nitrogens with two attached hydrogens (primary N) is 1. The molecule has 0 atom stereocenters. The maximum Gasteiger partial charge on any atom is 0.169 e. The van der Waals surface area contributed by atoms with Gasteiger partial charge in [0.1, 0.15) is 11.4 Å². The summed E-state index contributed by atoms with van der Waals surface area (Å²) in [4.78, 5) is 11.6. The molecule has 8 heteroatoms. The fraction of sp³-hybridized carbons (Fsp3) is 0.414. The van der Waals surface area contributed by atoms with Gasteiger partial charge < -0.3 is 20.6 Å². The van der Waals surface area contributed by atoms with Gasteiger partial charge in [-0.1, -0.05) is 30.9 Å². The number of benzene rings is 1. The zero-order valence-electron chi connectivity index (χ0n) is 21.1. The molecule has 0 saturated carbocycles. The zero-order valence-corrected chi connectivity index (χ0v) is 21.1. The van der Waals surface area contributed by atoms with E-state index in [0.717, 1.165) is 57.2 Å². The van der Waals surface area contributed by atoms with Crippen molar-refractivity contribution in [1.82, 2.24) is 20.1 Å². The minimum atomic E-state index is 0.186. The van der Waals surface area contributed by atoms with E-state index in [2.05, 4.69) is 53.9 Å². The Labute approximate surface area is 218 Å². The fourth-order valence-corrected chi connectivity index (χ4v) is 5.77. The van der Waals surface area contributed by atoms with Crippen LogP contribution in [0, 0.1) is 17.3 Å². The standard InChI is InChI=1S/C29H33N7O/c30-28-26(17-25(32-33-28)24-9-3-4-10-27(24)37)36-20-29(21-36)18-35(19-29)23-11-12-31-22(16-23)8-7-15-34-13-5-1-2-6-14-34/h3-4,9-12,16-17,37H,1-2,5-6,13-15,18-21H2,(H2,30,33). The summed E-state index contributed by atoms with van der Waals surface area (Å²) in [5.74, 6) is 7.22. The van der Waals surface area contributed by atoms with Gasteiger partial charge >= 0.3 is 0 Å². The Morgan fingerprint density at radius 2 is 1.68 bits per heavy atom. The van der Waals surface area contributed by atoms with E-state index < -0.39 is 0 Å². The van der Waals surface area contributed by atoms with Crippen molar-refractivity contribution in [2.45, 2.75) is 25.7 Å². The van der Waals surface area contributed by atoms with Crippen LogP contribution in [-0.2, 0) is 0 Å². The molecule has 0 radical (unpaired) electrons. The molecule has 3 saturated heterocycles. The van der Waals surface area contributed by atoms with E-state index >= 15 is 0 Å². The molecule has 37 heavy (non-hydrogen) atoms. The molecule has 190 valence electrons. The number of anilines is 3. The third-order valence-corrected chi connectivity index (χ3v) is 7.75. The van der Waals surface area contributed by atoms with Crippen molar-refractivity contribution in [3.05, 3.63) is 54.4 Å². The summed E-state index contributed by atoms with van der Waals surface area (Å²) in [6.07, 6.45) is 7.12. The molecule has 3 aromatic rings. The molecule has 5 heterocycles. The molecule has 3 N–H and O–H groups in total. The van der Waals surface area contributed by atoms with Gasteiger partial charge in [-0.3, -0.25) is 4.90 Å². The molecule has 3 aliphatic rings. The van der Waals surface area contributed by atoms with E-state index in [-0.39, 0.29) is 11.2 Å². The van der Waals surface area contributed by atoms with Gasteiger partial charge in [-0.15, -0.1) is 10.2 Å². The van der Waals surface area contributed by atoms with E-state index in [1.165, 1.54) is 31.4 Å². The molecule has 3 fully saturated rings. The highest BCUT2D eigenvalue weighted by atomic mass is 16.3. The van der Waals surface area contributed by atoms with Crippen LogP contribution in [0.1, 0.15) is 31.4 Å². The summed E-state index contributed by atoms with van der Waals surface area (Å²) < 4.78 is 0. The average molecular weight is 496 g/mol. The van der Waals surface area contributed by atoms with Crippen LogP contribution in [0.15, 0.2) is 48.7 Å². The minimum absolute atomic E-state index is 0.186. The Bertz CT molecular complexity index is 1330. The van der Waals surface area contributed by atoms with Crippen molar-refractivity contribution >= 4 is 17.2 Å². The van der Waals surface area contributed by atoms with Crippen LogP contribution in [0.5, 0.6) is 5.75 Å². The molecule has 1 spiro atoms. The Morgan fingerprint density at radius 1 is 0.919 bits per heavy atom. The number of para-hydroxylation sites is 1. The molecular weight excluding hydrogens is 462 g/mol. The molecule has 0 bridgehead atoms. The number of aromatic hydroxyl groups is 1. The third-order valence-electron chi connectivity index (χ3n) is 7.75. The zero-order chi connectivity index (χ0) is 25.2. The number of pyridine rings is 1. The van der Waals surface area contributed by atoms with Crippen LogP contribution in [0.3, 0.4) is 0 Å². The highest BCUT2D eigenvalue weighted by molar-refractivity contribution is 5.75. The van der Waals surface area contributed by atoms with Crippen molar-refractivity contribution in [1.29, 1.82) is 0 Å². The minimum Gasteiger partial charge on any atom is -0.507 e. The molecule has 0 aliphatic carbocycles. The van der Waals surface area contributed by atoms with Crippen molar-refractivity contribution in [3.63, 3.8) is 0 Å². The Balaban J connectivity index is 1.06. The smallest absolute Gasteiger partial charge is 0.169 e. The monoisotopic (exact) mass is 495 g/mol. The lowest BCUT2D eigenvalue weighted by Crippen LogP contribution is -2.72. The first-order chi connectivity index (χ1) is 18.1. The lowest BCUT2D eigenvalue weighted by molar-refractivity contribution is 0.157. The van der Waals surface area contributed by atoms with Gasteiger partial charge in [0.05, 0.1) is 17.9 Å². The number of phenols is 1. The van der Waals surface area contributed by atoms with Crippen LogP contribution < -0.4 is 15.5 Å². The van der Waals surface area contributed by atoms with Crippen LogP contribution >= 0.6 is 0 Å². The largest absolute Gasteiger partial charge is 0.507 e. The second kappa shape index (κ2) is 9.91. The lowest BCUT2D eigenvalue weighted by Gasteiger charge is -2.61. The number of hydrogen-bond donors (Lipinski definition) is 2. The molecule has 8 nitrogen and oxygen atoms in total. The maximum atomic E-state index is 10.2. The van der Waals surface area contributed by atoms with Crippen molar-refractivity contribution in [2.24, 2.45) is 5.41 Å². The Kier molecular flexibility index (Phi) is 6.31. The highest BCUT2D eigenvalue weighted by Gasteiger charge is 2.52. The van der Waals surface area contributed by atoms with E-state index in [1.807, 2.05) is 24.4 Å². The molecule has 0 unspecified atom stereocenters. The summed E-state index contributed by atoms with van der Waals surface area (Å²) >= 11 is 0. The quantitative estimate of drug-likeness (QED) is 0.532. The average Bonchev–Trinajstić information content (AvgIpc) is 3.13. The SMILES string of the molecule is Nc1nnc(-c2ccccc2O)cc1N1CC2(CN(c3ccnc(C#CCN4CCCCCC4)c3)C2)C1. The van der Waals surface area contributed by atoms with Gasteiger partial charge in [0.15, 0.2) is 5.82 Å². The number of phenolic OH excluding ortho intramolecular Hbond substituents is 1. The molecule has 0 amide bonds. The normalized spacial score (nSPS) is 18.9. The van der Waals surface area contributed by atoms with Crippen LogP contribution in [-0.4, -0.2) is 71.0 Å². The first-order valence-electron chi connectivity index (χ1n) is 13.2. The van der Waals surface area contributed by atoms with E-state index in [9.17, 15) is 5.11 Å². The number of likely N-dealkylation sites (tertiary alicyclic amines) is 1. The van der Waals surface area contributed by atoms with Gasteiger partial charge in [0.2, 0.25) is 0 Å². The van der Waals surface area contributed by atoms with Crippen LogP contribution in [0.4, 0.5) is 17.2 Å². The Hall–Kier alpha value is -3.83. The number of rotatable bonds is 4. The summed E-state index contributed by atoms with van der Waals surface area (Å²) in [5, 5.41) is 18.6. The Morgan fingerprint density at radius 3 is 2.46 bits per heavy atom. The third kappa shape index (κ3) is 4.92. The summed E-state index contributed by atoms with van der Waals surface area (Å²) in [6.45, 7) is 6.99. The maximum absolute atomic E-state index is 10.2. The van der Waals surface area contributed by atoms with E-state index in [4.69, 9.17) is 5.73 Å². The fourth-order valence-electron chi connectivity index (χ4n) is 5.77. The van der Waals surface area contributed by atoms with Gasteiger partial charge in [-0.2, -0.15) is 0 Å². The number of hydrogen-bond acceptors (Lipinski definition) is 8. The van der Waals surface area contributed by atoms with Crippen LogP contribution in [0.25, 0.3) is 11.3 Å². The second-order valence-corrected chi connectivity index (χ2v) is 10.6. The molecule has 2 aromatic heterocycles. The number of nitrogens with zero attached hydrogens (tertiary/aromatic N) is 6.